The van der Waals surface area contributed by atoms with E-state index in [9.17, 15) is 19.2 Å². The third kappa shape index (κ3) is 21.4. The van der Waals surface area contributed by atoms with Gasteiger partial charge in [0.05, 0.1) is 12.6 Å². The minimum absolute atomic E-state index is 0.211. The van der Waals surface area contributed by atoms with Gasteiger partial charge in [-0.15, -0.1) is 0 Å². The smallest absolute Gasteiger partial charge is 0.408 e. The molecule has 0 spiro atoms. The number of aliphatic hydroxyl groups excluding tert-OH is 1. The van der Waals surface area contributed by atoms with Crippen LogP contribution in [-0.4, -0.2) is 86.7 Å². The Morgan fingerprint density at radius 1 is 1.18 bits per heavy atom. The van der Waals surface area contributed by atoms with Crippen molar-refractivity contribution in [1.82, 2.24) is 15.5 Å². The Morgan fingerprint density at radius 3 is 2.13 bits per heavy atom. The number of carbonyl (C=O) groups excluding carboxylic acids is 4. The van der Waals surface area contributed by atoms with Crippen molar-refractivity contribution in [3.63, 3.8) is 0 Å². The van der Waals surface area contributed by atoms with E-state index in [4.69, 9.17) is 14.6 Å². The maximum Gasteiger partial charge on any atom is 0.408 e. The van der Waals surface area contributed by atoms with Gasteiger partial charge in [0.2, 0.25) is 12.3 Å². The Labute approximate surface area is 234 Å². The van der Waals surface area contributed by atoms with E-state index >= 15 is 0 Å². The van der Waals surface area contributed by atoms with Crippen LogP contribution in [0.5, 0.6) is 0 Å². The maximum absolute atomic E-state index is 11.1. The fraction of sp³-hybridized carbons (Fsp3) is 0.643. The van der Waals surface area contributed by atoms with Crippen molar-refractivity contribution in [2.24, 2.45) is 5.92 Å². The molecule has 0 aromatic heterocycles. The molecule has 0 saturated heterocycles. The van der Waals surface area contributed by atoms with Crippen molar-refractivity contribution in [2.75, 3.05) is 39.7 Å². The maximum atomic E-state index is 11.1. The molecule has 4 N–H and O–H groups in total. The van der Waals surface area contributed by atoms with E-state index in [0.29, 0.717) is 24.9 Å². The first-order valence-corrected chi connectivity index (χ1v) is 13.1. The lowest BCUT2D eigenvalue weighted by molar-refractivity contribution is -0.123. The number of amides is 3. The lowest BCUT2D eigenvalue weighted by Crippen LogP contribution is -2.42. The zero-order valence-corrected chi connectivity index (χ0v) is 25.1. The van der Waals surface area contributed by atoms with Gasteiger partial charge in [-0.1, -0.05) is 32.4 Å². The van der Waals surface area contributed by atoms with Crippen LogP contribution >= 0.6 is 0 Å². The van der Waals surface area contributed by atoms with Crippen molar-refractivity contribution < 1.29 is 33.8 Å². The van der Waals surface area contributed by atoms with Crippen LogP contribution < -0.4 is 16.0 Å². The number of hydrogen-bond donors (Lipinski definition) is 4. The summed E-state index contributed by atoms with van der Waals surface area (Å²) in [4.78, 5) is 44.2. The molecular weight excluding hydrogens is 504 g/mol. The van der Waals surface area contributed by atoms with E-state index in [1.807, 2.05) is 19.2 Å². The molecule has 0 bridgehead atoms. The Kier molecular flexibility index (Phi) is 21.1. The molecule has 0 aliphatic heterocycles. The summed E-state index contributed by atoms with van der Waals surface area (Å²) in [6, 6.07) is 7.92. The fourth-order valence-corrected chi connectivity index (χ4v) is 2.74. The highest BCUT2D eigenvalue weighted by Gasteiger charge is 2.39. The van der Waals surface area contributed by atoms with Crippen LogP contribution in [0.15, 0.2) is 24.3 Å². The lowest BCUT2D eigenvalue weighted by Gasteiger charge is -2.19. The van der Waals surface area contributed by atoms with Crippen LogP contribution in [0, 0.1) is 5.92 Å². The Bertz CT molecular complexity index is 813. The molecular formula is C28H50N4O7. The van der Waals surface area contributed by atoms with E-state index in [1.54, 1.807) is 46.8 Å². The fourth-order valence-electron chi connectivity index (χ4n) is 2.74. The van der Waals surface area contributed by atoms with Crippen molar-refractivity contribution in [1.29, 1.82) is 0 Å². The van der Waals surface area contributed by atoms with Crippen LogP contribution in [0.1, 0.15) is 59.9 Å². The first-order chi connectivity index (χ1) is 18.3. The number of benzene rings is 1. The molecule has 1 saturated carbocycles. The number of ether oxygens (including phenoxy) is 2. The summed E-state index contributed by atoms with van der Waals surface area (Å²) in [5.74, 6) is -0.0920. The molecule has 1 aliphatic carbocycles. The van der Waals surface area contributed by atoms with Gasteiger partial charge < -0.3 is 40.2 Å². The van der Waals surface area contributed by atoms with Gasteiger partial charge >= 0.3 is 6.09 Å². The predicted octanol–water partition coefficient (Wildman–Crippen LogP) is 2.96. The summed E-state index contributed by atoms with van der Waals surface area (Å²) in [5, 5.41) is 16.3. The molecule has 3 amide bonds. The summed E-state index contributed by atoms with van der Waals surface area (Å²) >= 11 is 0. The Hall–Kier alpha value is -3.18. The van der Waals surface area contributed by atoms with E-state index < -0.39 is 23.6 Å². The standard InChI is InChI=1S/C10H18N2O4.C9H13NO.C6H11NO2.C3H8/c1-7(6-13)12-8(14)5-11-9(15)16-10(2,3)4;1-10-9-5-3-8(4-6-9)7-11-2;1-7(4-9)6-2-5(6)3-8;1-3-2/h6-7H,5H2,1-4H3,(H,11,15)(H,12,14);3-6,10H,7H2,1-2H3;4-6,8H,2-3H2,1H3;3H2,1-2H3. The quantitative estimate of drug-likeness (QED) is 0.323. The molecule has 39 heavy (non-hydrogen) atoms. The first kappa shape index (κ1) is 38.0. The normalized spacial score (nSPS) is 15.6. The second-order valence-corrected chi connectivity index (χ2v) is 9.95. The topological polar surface area (TPSA) is 146 Å². The highest BCUT2D eigenvalue weighted by molar-refractivity contribution is 5.84. The number of aldehydes is 1. The van der Waals surface area contributed by atoms with E-state index in [1.165, 1.54) is 12.0 Å². The van der Waals surface area contributed by atoms with Crippen LogP contribution in [0.3, 0.4) is 0 Å². The molecule has 1 fully saturated rings. The largest absolute Gasteiger partial charge is 0.444 e. The molecule has 11 heteroatoms. The number of aliphatic hydroxyl groups is 1. The minimum Gasteiger partial charge on any atom is -0.444 e. The Morgan fingerprint density at radius 2 is 1.74 bits per heavy atom. The Balaban J connectivity index is 0. The van der Waals surface area contributed by atoms with Crippen molar-refractivity contribution >= 4 is 30.4 Å². The molecule has 0 radical (unpaired) electrons. The van der Waals surface area contributed by atoms with Crippen LogP contribution in [0.4, 0.5) is 10.5 Å². The second-order valence-electron chi connectivity index (χ2n) is 9.95. The van der Waals surface area contributed by atoms with Gasteiger partial charge in [0.25, 0.3) is 0 Å². The molecule has 2 rings (SSSR count). The molecule has 1 aliphatic rings. The van der Waals surface area contributed by atoms with E-state index in [2.05, 4.69) is 41.9 Å². The molecule has 224 valence electrons. The number of nitrogens with zero attached hydrogens (tertiary/aromatic N) is 1. The van der Waals surface area contributed by atoms with Crippen molar-refractivity contribution in [3.05, 3.63) is 29.8 Å². The summed E-state index contributed by atoms with van der Waals surface area (Å²) in [6.45, 7) is 11.6. The van der Waals surface area contributed by atoms with E-state index in [0.717, 1.165) is 18.5 Å². The number of nitrogens with one attached hydrogen (secondary N) is 3. The molecule has 1 aromatic carbocycles. The summed E-state index contributed by atoms with van der Waals surface area (Å²) < 4.78 is 9.90. The molecule has 3 atom stereocenters. The SMILES string of the molecule is CC(C=O)NC(=O)CNC(=O)OC(C)(C)C.CCC.CN(C=O)C1CC1CO.CNc1ccc(COC)cc1. The van der Waals surface area contributed by atoms with Gasteiger partial charge in [0, 0.05) is 45.5 Å². The summed E-state index contributed by atoms with van der Waals surface area (Å²) in [7, 11) is 5.35. The number of carbonyl (C=O) groups is 4. The third-order valence-electron chi connectivity index (χ3n) is 4.75. The lowest BCUT2D eigenvalue weighted by atomic mass is 10.2. The van der Waals surface area contributed by atoms with Gasteiger partial charge in [-0.3, -0.25) is 9.59 Å². The number of alkyl carbamates (subject to hydrolysis) is 1. The minimum atomic E-state index is -0.665. The number of methoxy groups -OCH3 is 1. The molecule has 0 heterocycles. The summed E-state index contributed by atoms with van der Waals surface area (Å²) in [5.41, 5.74) is 1.73. The number of hydrogen-bond acceptors (Lipinski definition) is 8. The van der Waals surface area contributed by atoms with Crippen molar-refractivity contribution in [2.45, 2.75) is 78.7 Å². The first-order valence-electron chi connectivity index (χ1n) is 13.1. The molecule has 3 unspecified atom stereocenters. The van der Waals surface area contributed by atoms with Crippen molar-refractivity contribution in [3.8, 4) is 0 Å². The zero-order chi connectivity index (χ0) is 30.4. The monoisotopic (exact) mass is 554 g/mol. The number of anilines is 1. The van der Waals surface area contributed by atoms with Gasteiger partial charge in [0.1, 0.15) is 18.4 Å². The van der Waals surface area contributed by atoms with Gasteiger partial charge in [-0.2, -0.15) is 0 Å². The van der Waals surface area contributed by atoms with Gasteiger partial charge in [0.15, 0.2) is 0 Å². The van der Waals surface area contributed by atoms with Crippen LogP contribution in [0.25, 0.3) is 0 Å². The highest BCUT2D eigenvalue weighted by Crippen LogP contribution is 2.33. The van der Waals surface area contributed by atoms with Crippen LogP contribution in [0.2, 0.25) is 0 Å². The summed E-state index contributed by atoms with van der Waals surface area (Å²) in [6.07, 6.45) is 2.96. The molecule has 1 aromatic rings. The van der Waals surface area contributed by atoms with E-state index in [-0.39, 0.29) is 13.2 Å². The highest BCUT2D eigenvalue weighted by atomic mass is 16.6. The van der Waals surface area contributed by atoms with Gasteiger partial charge in [-0.05, 0) is 51.8 Å². The molecule has 11 nitrogen and oxygen atoms in total. The second kappa shape index (κ2) is 21.7. The van der Waals surface area contributed by atoms with Gasteiger partial charge in [-0.25, -0.2) is 4.79 Å². The average molecular weight is 555 g/mol. The predicted molar refractivity (Wildman–Crippen MR) is 153 cm³/mol. The zero-order valence-electron chi connectivity index (χ0n) is 25.1. The average Bonchev–Trinajstić information content (AvgIpc) is 3.68. The number of rotatable bonds is 10. The third-order valence-corrected chi connectivity index (χ3v) is 4.75. The van der Waals surface area contributed by atoms with Crippen LogP contribution in [-0.2, 0) is 30.5 Å².